The molecule has 1 atom stereocenters. The maximum Gasteiger partial charge on any atom is 0.410 e. The number of benzene rings is 7. The molecular formula is C86H106N6O13Si. The number of hydrogen-bond donors (Lipinski definition) is 0. The van der Waals surface area contributed by atoms with E-state index in [-0.39, 0.29) is 36.2 Å². The molecule has 4 aliphatic heterocycles. The maximum absolute atomic E-state index is 15.8. The largest absolute Gasteiger partial charge is 0.544 e. The Bertz CT molecular complexity index is 4180. The van der Waals surface area contributed by atoms with Gasteiger partial charge < -0.3 is 61.4 Å². The molecule has 0 radical (unpaired) electrons. The molecule has 0 saturated carbocycles. The van der Waals surface area contributed by atoms with E-state index >= 15 is 9.59 Å². The third-order valence-corrected chi connectivity index (χ3v) is 24.8. The van der Waals surface area contributed by atoms with Gasteiger partial charge in [-0.25, -0.2) is 4.79 Å². The lowest BCUT2D eigenvalue weighted by Gasteiger charge is -2.42. The van der Waals surface area contributed by atoms with Gasteiger partial charge in [0.05, 0.1) is 70.6 Å². The Hall–Kier alpha value is -8.99. The van der Waals surface area contributed by atoms with E-state index in [9.17, 15) is 4.79 Å². The van der Waals surface area contributed by atoms with Crippen LogP contribution < -0.4 is 28.3 Å². The van der Waals surface area contributed by atoms with Crippen LogP contribution in [-0.2, 0) is 69.2 Å². The zero-order chi connectivity index (χ0) is 74.1. The fraction of sp³-hybridized carbons (Fsp3) is 0.430. The zero-order valence-electron chi connectivity index (χ0n) is 63.2. The summed E-state index contributed by atoms with van der Waals surface area (Å²) in [6.45, 7) is 27.9. The lowest BCUT2D eigenvalue weighted by atomic mass is 9.92. The van der Waals surface area contributed by atoms with E-state index in [4.69, 9.17) is 47.1 Å². The van der Waals surface area contributed by atoms with Gasteiger partial charge in [0.15, 0.2) is 23.0 Å². The Morgan fingerprint density at radius 1 is 0.566 bits per heavy atom. The number of rotatable bonds is 33. The Balaban J connectivity index is 0.598. The smallest absolute Gasteiger partial charge is 0.410 e. The topological polar surface area (TPSA) is 165 Å². The van der Waals surface area contributed by atoms with E-state index in [0.29, 0.717) is 120 Å². The zero-order valence-corrected chi connectivity index (χ0v) is 64.2. The van der Waals surface area contributed by atoms with Crippen molar-refractivity contribution in [2.24, 2.45) is 0 Å². The van der Waals surface area contributed by atoms with E-state index in [1.54, 1.807) is 9.80 Å². The average molecular weight is 1460 g/mol. The number of fused-ring (bicyclic) bond motifs is 3. The minimum absolute atomic E-state index is 0.0246. The van der Waals surface area contributed by atoms with E-state index in [2.05, 4.69) is 89.5 Å². The molecule has 5 heterocycles. The van der Waals surface area contributed by atoms with Gasteiger partial charge in [-0.15, -0.1) is 0 Å². The number of amides is 3. The first kappa shape index (κ1) is 76.6. The minimum Gasteiger partial charge on any atom is -0.544 e. The molecule has 0 bridgehead atoms. The summed E-state index contributed by atoms with van der Waals surface area (Å²) in [5.41, 5.74) is 9.93. The Morgan fingerprint density at radius 2 is 1.18 bits per heavy atom. The van der Waals surface area contributed by atoms with E-state index in [1.807, 2.05) is 160 Å². The number of para-hydroxylation sites is 1. The molecule has 3 amide bonds. The van der Waals surface area contributed by atoms with Crippen molar-refractivity contribution in [1.29, 1.82) is 0 Å². The first-order valence-electron chi connectivity index (χ1n) is 37.7. The van der Waals surface area contributed by atoms with Crippen LogP contribution in [0.4, 0.5) is 16.2 Å². The average Bonchev–Trinajstić information content (AvgIpc) is 1.50. The van der Waals surface area contributed by atoms with Gasteiger partial charge in [-0.05, 0) is 159 Å². The molecule has 0 N–H and O–H groups in total. The highest BCUT2D eigenvalue weighted by Gasteiger charge is 2.40. The summed E-state index contributed by atoms with van der Waals surface area (Å²) in [4.78, 5) is 55.4. The molecule has 1 aromatic heterocycles. The molecular weight excluding hydrogens is 1350 g/mol. The van der Waals surface area contributed by atoms with Crippen molar-refractivity contribution < 1.29 is 61.4 Å². The Morgan fingerprint density at radius 3 is 1.86 bits per heavy atom. The van der Waals surface area contributed by atoms with Gasteiger partial charge in [0.1, 0.15) is 18.0 Å². The van der Waals surface area contributed by atoms with E-state index in [1.165, 1.54) is 11.1 Å². The van der Waals surface area contributed by atoms with Gasteiger partial charge in [-0.3, -0.25) is 24.3 Å². The maximum atomic E-state index is 15.8. The van der Waals surface area contributed by atoms with Crippen LogP contribution in [0.25, 0.3) is 11.3 Å². The highest BCUT2D eigenvalue weighted by atomic mass is 28.4. The van der Waals surface area contributed by atoms with Crippen LogP contribution in [0.3, 0.4) is 0 Å². The molecule has 1 fully saturated rings. The Kier molecular flexibility index (Phi) is 26.1. The second-order valence-corrected chi connectivity index (χ2v) is 35.0. The summed E-state index contributed by atoms with van der Waals surface area (Å²) in [5.74, 6) is 2.92. The minimum atomic E-state index is -2.12. The van der Waals surface area contributed by atoms with Gasteiger partial charge in [-0.2, -0.15) is 0 Å². The summed E-state index contributed by atoms with van der Waals surface area (Å²) < 4.78 is 63.2. The van der Waals surface area contributed by atoms with Crippen molar-refractivity contribution in [3.63, 3.8) is 0 Å². The molecule has 1 saturated heterocycles. The Labute approximate surface area is 627 Å². The summed E-state index contributed by atoms with van der Waals surface area (Å²) in [5, 5.41) is 0.0246. The number of aromatic nitrogens is 1. The molecule has 12 rings (SSSR count). The first-order valence-corrected chi connectivity index (χ1v) is 40.6. The summed E-state index contributed by atoms with van der Waals surface area (Å²) >= 11 is 0. The van der Waals surface area contributed by atoms with E-state index < -0.39 is 20.0 Å². The van der Waals surface area contributed by atoms with Crippen molar-refractivity contribution in [2.75, 3.05) is 117 Å². The number of nitrogens with zero attached hydrogens (tertiary/aromatic N) is 6. The van der Waals surface area contributed by atoms with Gasteiger partial charge >= 0.3 is 6.09 Å². The highest BCUT2D eigenvalue weighted by Crippen LogP contribution is 2.44. The standard InChI is InChI=1S/C86H106N6O13Si/c1-85(2,3)104-84(95)89(59-66-31-36-78(101-62-65-24-14-10-15-25-65)79(54-66)100-45-37-64-22-12-9-13-23-64)44-47-97-49-51-99-53-52-98-50-48-96-46-43-87-39-41-88(42-40-87)61-71-55-67-26-18-19-27-68(67)60-91(71)82(93)74-58-81-80(102-63-103-81)57-73(74)77-56-75(76-30-20-21-38-90(76)77)83(94)92(69-28-16-11-17-29-69)70-32-34-72(35-33-70)105-106(7,8)86(4,5)6/h9-19,22-29,31-36,54,56-58,71H,20-21,30,37-53,55,59-63H2,1-8H3/t71-/m0/s1. The molecule has 0 spiro atoms. The summed E-state index contributed by atoms with van der Waals surface area (Å²) in [7, 11) is -2.12. The molecule has 562 valence electrons. The molecule has 8 aromatic rings. The first-order chi connectivity index (χ1) is 51.3. The van der Waals surface area contributed by atoms with Crippen molar-refractivity contribution in [3.05, 3.63) is 221 Å². The monoisotopic (exact) mass is 1460 g/mol. The van der Waals surface area contributed by atoms with Gasteiger partial charge in [-0.1, -0.05) is 130 Å². The normalized spacial score (nSPS) is 15.4. The fourth-order valence-corrected chi connectivity index (χ4v) is 14.7. The highest BCUT2D eigenvalue weighted by molar-refractivity contribution is 6.74. The number of carbonyl (C=O) groups excluding carboxylic acids is 3. The predicted molar refractivity (Wildman–Crippen MR) is 416 cm³/mol. The van der Waals surface area contributed by atoms with Crippen LogP contribution in [-0.4, -0.2) is 174 Å². The van der Waals surface area contributed by atoms with Crippen molar-refractivity contribution in [2.45, 2.75) is 130 Å². The second-order valence-electron chi connectivity index (χ2n) is 30.3. The van der Waals surface area contributed by atoms with Crippen LogP contribution in [0, 0.1) is 0 Å². The number of carbonyl (C=O) groups is 3. The number of piperazine rings is 1. The molecule has 0 aliphatic carbocycles. The van der Waals surface area contributed by atoms with Crippen LogP contribution >= 0.6 is 0 Å². The molecule has 7 aromatic carbocycles. The number of anilines is 2. The van der Waals surface area contributed by atoms with Gasteiger partial charge in [0.2, 0.25) is 15.1 Å². The lowest BCUT2D eigenvalue weighted by molar-refractivity contribution is -0.0101. The second kappa shape index (κ2) is 36.1. The van der Waals surface area contributed by atoms with Crippen LogP contribution in [0.15, 0.2) is 176 Å². The lowest BCUT2D eigenvalue weighted by Crippen LogP contribution is -2.54. The molecule has 4 aliphatic rings. The van der Waals surface area contributed by atoms with Crippen LogP contribution in [0.5, 0.6) is 28.7 Å². The summed E-state index contributed by atoms with van der Waals surface area (Å²) in [6.07, 6.45) is 3.64. The third kappa shape index (κ3) is 20.4. The van der Waals surface area contributed by atoms with Crippen LogP contribution in [0.1, 0.15) is 109 Å². The number of ether oxygens (including phenoxy) is 9. The molecule has 20 heteroatoms. The molecule has 106 heavy (non-hydrogen) atoms. The third-order valence-electron chi connectivity index (χ3n) is 20.5. The molecule has 0 unspecified atom stereocenters. The summed E-state index contributed by atoms with van der Waals surface area (Å²) in [6, 6.07) is 58.0. The van der Waals surface area contributed by atoms with Crippen molar-refractivity contribution in [3.8, 4) is 40.0 Å². The van der Waals surface area contributed by atoms with Gasteiger partial charge in [0, 0.05) is 106 Å². The van der Waals surface area contributed by atoms with Crippen molar-refractivity contribution in [1.82, 2.24) is 24.2 Å². The van der Waals surface area contributed by atoms with Gasteiger partial charge in [0.25, 0.3) is 11.8 Å². The quantitative estimate of drug-likeness (QED) is 0.0282. The predicted octanol–water partition coefficient (Wildman–Crippen LogP) is 15.5. The van der Waals surface area contributed by atoms with E-state index in [0.717, 1.165) is 122 Å². The fourth-order valence-electron chi connectivity index (χ4n) is 13.7. The molecule has 19 nitrogen and oxygen atoms in total. The SMILES string of the molecule is CC(C)(C)OC(=O)N(CCOCCOCCOCCOCCN1CCN(C[C@@H]2Cc3ccccc3CN2C(=O)c2cc3c(cc2-c2cc(C(=O)N(c4ccccc4)c4ccc(O[Si](C)(C)C(C)(C)C)cc4)c4n2CCCC4)OCO3)CC1)Cc1ccc(OCc2ccccc2)c(OCCc2ccccc2)c1. The number of hydrogen-bond acceptors (Lipinski definition) is 15. The van der Waals surface area contributed by atoms with Crippen LogP contribution in [0.2, 0.25) is 18.1 Å². The van der Waals surface area contributed by atoms with Crippen molar-refractivity contribution >= 4 is 37.6 Å².